The highest BCUT2D eigenvalue weighted by Crippen LogP contribution is 2.23. The highest BCUT2D eigenvalue weighted by Gasteiger charge is 2.10. The summed E-state index contributed by atoms with van der Waals surface area (Å²) in [6.45, 7) is 3.17. The lowest BCUT2D eigenvalue weighted by Gasteiger charge is -2.28. The average Bonchev–Trinajstić information content (AvgIpc) is 2.76. The largest absolute Gasteiger partial charge is 0.372 e. The summed E-state index contributed by atoms with van der Waals surface area (Å²) < 4.78 is 0. The molecule has 1 saturated heterocycles. The number of benzene rings is 2. The molecule has 2 aromatic carbocycles. The van der Waals surface area contributed by atoms with Gasteiger partial charge in [-0.15, -0.1) is 0 Å². The molecule has 0 radical (unpaired) electrons. The summed E-state index contributed by atoms with van der Waals surface area (Å²) in [5, 5.41) is 6.75. The SMILES string of the molecule is c1ccc(CCNc2cc(Nc3ccc(N4CCCCC4)cc3)ncn2)cc1. The van der Waals surface area contributed by atoms with E-state index in [-0.39, 0.29) is 0 Å². The topological polar surface area (TPSA) is 53.1 Å². The Balaban J connectivity index is 1.32. The second-order valence-electron chi connectivity index (χ2n) is 7.17. The first kappa shape index (κ1) is 18.3. The Hall–Kier alpha value is -3.08. The van der Waals surface area contributed by atoms with Crippen molar-refractivity contribution >= 4 is 23.0 Å². The molecule has 5 nitrogen and oxygen atoms in total. The monoisotopic (exact) mass is 373 g/mol. The highest BCUT2D eigenvalue weighted by molar-refractivity contribution is 5.62. The molecule has 144 valence electrons. The number of hydrogen-bond donors (Lipinski definition) is 2. The van der Waals surface area contributed by atoms with Crippen LogP contribution in [-0.2, 0) is 6.42 Å². The molecular formula is C23H27N5. The summed E-state index contributed by atoms with van der Waals surface area (Å²) >= 11 is 0. The third kappa shape index (κ3) is 5.00. The zero-order chi connectivity index (χ0) is 19.0. The predicted molar refractivity (Wildman–Crippen MR) is 116 cm³/mol. The van der Waals surface area contributed by atoms with Crippen molar-refractivity contribution in [3.63, 3.8) is 0 Å². The summed E-state index contributed by atoms with van der Waals surface area (Å²) in [5.74, 6) is 1.63. The Morgan fingerprint density at radius 1 is 0.821 bits per heavy atom. The average molecular weight is 374 g/mol. The van der Waals surface area contributed by atoms with Crippen molar-refractivity contribution in [3.05, 3.63) is 72.6 Å². The van der Waals surface area contributed by atoms with E-state index in [1.165, 1.54) is 30.5 Å². The number of piperidine rings is 1. The van der Waals surface area contributed by atoms with Gasteiger partial charge in [-0.3, -0.25) is 0 Å². The maximum atomic E-state index is 4.34. The molecule has 0 unspecified atom stereocenters. The van der Waals surface area contributed by atoms with Gasteiger partial charge in [0, 0.05) is 37.1 Å². The molecule has 1 aliphatic heterocycles. The molecule has 2 heterocycles. The number of hydrogen-bond acceptors (Lipinski definition) is 5. The zero-order valence-corrected chi connectivity index (χ0v) is 16.1. The van der Waals surface area contributed by atoms with Crippen LogP contribution < -0.4 is 15.5 Å². The molecule has 0 bridgehead atoms. The molecule has 0 atom stereocenters. The summed E-state index contributed by atoms with van der Waals surface area (Å²) in [6.07, 6.45) is 6.49. The Morgan fingerprint density at radius 2 is 1.57 bits per heavy atom. The fourth-order valence-corrected chi connectivity index (χ4v) is 3.56. The second-order valence-corrected chi connectivity index (χ2v) is 7.17. The standard InChI is InChI=1S/C23H27N5/c1-3-7-19(8-4-1)13-14-24-22-17-23(26-18-25-22)27-20-9-11-21(12-10-20)28-15-5-2-6-16-28/h1,3-4,7-12,17-18H,2,5-6,13-16H2,(H2,24,25,26,27). The molecule has 3 aromatic rings. The van der Waals surface area contributed by atoms with Crippen LogP contribution in [0.25, 0.3) is 0 Å². The predicted octanol–water partition coefficient (Wildman–Crippen LogP) is 4.87. The van der Waals surface area contributed by atoms with Gasteiger partial charge in [0.25, 0.3) is 0 Å². The van der Waals surface area contributed by atoms with Crippen LogP contribution in [0, 0.1) is 0 Å². The van der Waals surface area contributed by atoms with E-state index >= 15 is 0 Å². The number of aromatic nitrogens is 2. The second kappa shape index (κ2) is 9.22. The van der Waals surface area contributed by atoms with Crippen molar-refractivity contribution in [1.82, 2.24) is 9.97 Å². The Labute approximate surface area is 166 Å². The molecule has 1 fully saturated rings. The lowest BCUT2D eigenvalue weighted by atomic mass is 10.1. The van der Waals surface area contributed by atoms with E-state index in [0.29, 0.717) is 0 Å². The van der Waals surface area contributed by atoms with Gasteiger partial charge in [0.2, 0.25) is 0 Å². The van der Waals surface area contributed by atoms with E-state index < -0.39 is 0 Å². The summed E-state index contributed by atoms with van der Waals surface area (Å²) in [7, 11) is 0. The third-order valence-electron chi connectivity index (χ3n) is 5.09. The van der Waals surface area contributed by atoms with E-state index in [4.69, 9.17) is 0 Å². The summed E-state index contributed by atoms with van der Waals surface area (Å²) in [4.78, 5) is 11.1. The number of anilines is 4. The highest BCUT2D eigenvalue weighted by atomic mass is 15.1. The lowest BCUT2D eigenvalue weighted by molar-refractivity contribution is 0.578. The maximum absolute atomic E-state index is 4.34. The zero-order valence-electron chi connectivity index (χ0n) is 16.1. The van der Waals surface area contributed by atoms with Crippen LogP contribution in [0.5, 0.6) is 0 Å². The first-order valence-corrected chi connectivity index (χ1v) is 10.1. The molecule has 2 N–H and O–H groups in total. The minimum atomic E-state index is 0.794. The minimum absolute atomic E-state index is 0.794. The van der Waals surface area contributed by atoms with Crippen molar-refractivity contribution in [3.8, 4) is 0 Å². The molecule has 0 aliphatic carbocycles. The van der Waals surface area contributed by atoms with Gasteiger partial charge in [-0.05, 0) is 55.5 Å². The molecule has 0 amide bonds. The normalized spacial score (nSPS) is 13.9. The quantitative estimate of drug-likeness (QED) is 0.619. The van der Waals surface area contributed by atoms with Gasteiger partial charge in [0.1, 0.15) is 18.0 Å². The molecule has 28 heavy (non-hydrogen) atoms. The van der Waals surface area contributed by atoms with Crippen molar-refractivity contribution < 1.29 is 0 Å². The number of nitrogens with one attached hydrogen (secondary N) is 2. The molecule has 1 aliphatic rings. The molecule has 1 aromatic heterocycles. The maximum Gasteiger partial charge on any atom is 0.135 e. The van der Waals surface area contributed by atoms with E-state index in [1.54, 1.807) is 6.33 Å². The van der Waals surface area contributed by atoms with Crippen LogP contribution in [0.1, 0.15) is 24.8 Å². The Morgan fingerprint density at radius 3 is 2.36 bits per heavy atom. The van der Waals surface area contributed by atoms with E-state index in [1.807, 2.05) is 12.1 Å². The Bertz CT molecular complexity index is 858. The van der Waals surface area contributed by atoms with Crippen molar-refractivity contribution in [2.24, 2.45) is 0 Å². The van der Waals surface area contributed by atoms with Crippen molar-refractivity contribution in [2.45, 2.75) is 25.7 Å². The summed E-state index contributed by atoms with van der Waals surface area (Å²) in [6, 6.07) is 21.0. The van der Waals surface area contributed by atoms with Gasteiger partial charge in [-0.1, -0.05) is 30.3 Å². The third-order valence-corrected chi connectivity index (χ3v) is 5.09. The number of nitrogens with zero attached hydrogens (tertiary/aromatic N) is 3. The number of rotatable bonds is 7. The van der Waals surface area contributed by atoms with Crippen molar-refractivity contribution in [1.29, 1.82) is 0 Å². The van der Waals surface area contributed by atoms with Crippen LogP contribution in [0.3, 0.4) is 0 Å². The molecule has 0 saturated carbocycles. The van der Waals surface area contributed by atoms with Crippen LogP contribution in [0.4, 0.5) is 23.0 Å². The van der Waals surface area contributed by atoms with Gasteiger partial charge in [-0.2, -0.15) is 0 Å². The van der Waals surface area contributed by atoms with Gasteiger partial charge in [-0.25, -0.2) is 9.97 Å². The smallest absolute Gasteiger partial charge is 0.135 e. The minimum Gasteiger partial charge on any atom is -0.372 e. The van der Waals surface area contributed by atoms with Gasteiger partial charge in [0.15, 0.2) is 0 Å². The molecule has 5 heteroatoms. The van der Waals surface area contributed by atoms with Gasteiger partial charge >= 0.3 is 0 Å². The fraction of sp³-hybridized carbons (Fsp3) is 0.304. The molecule has 0 spiro atoms. The van der Waals surface area contributed by atoms with E-state index in [9.17, 15) is 0 Å². The van der Waals surface area contributed by atoms with Crippen LogP contribution in [-0.4, -0.2) is 29.6 Å². The fourth-order valence-electron chi connectivity index (χ4n) is 3.56. The van der Waals surface area contributed by atoms with E-state index in [0.717, 1.165) is 43.4 Å². The van der Waals surface area contributed by atoms with Crippen LogP contribution >= 0.6 is 0 Å². The lowest BCUT2D eigenvalue weighted by Crippen LogP contribution is -2.29. The van der Waals surface area contributed by atoms with Gasteiger partial charge < -0.3 is 15.5 Å². The molecular weight excluding hydrogens is 346 g/mol. The Kier molecular flexibility index (Phi) is 6.02. The molecule has 4 rings (SSSR count). The first-order chi connectivity index (χ1) is 13.9. The van der Waals surface area contributed by atoms with Crippen LogP contribution in [0.15, 0.2) is 67.0 Å². The van der Waals surface area contributed by atoms with E-state index in [2.05, 4.69) is 74.0 Å². The van der Waals surface area contributed by atoms with Gasteiger partial charge in [0.05, 0.1) is 0 Å². The summed E-state index contributed by atoms with van der Waals surface area (Å²) in [5.41, 5.74) is 3.65. The van der Waals surface area contributed by atoms with Crippen molar-refractivity contribution in [2.75, 3.05) is 35.2 Å². The van der Waals surface area contributed by atoms with Crippen LogP contribution in [0.2, 0.25) is 0 Å². The first-order valence-electron chi connectivity index (χ1n) is 10.1.